The predicted octanol–water partition coefficient (Wildman–Crippen LogP) is 2.59. The van der Waals surface area contributed by atoms with E-state index in [1.54, 1.807) is 7.11 Å². The molecular weight excluding hydrogens is 250 g/mol. The Morgan fingerprint density at radius 2 is 2.05 bits per heavy atom. The molecule has 0 aliphatic rings. The van der Waals surface area contributed by atoms with E-state index in [1.165, 1.54) is 0 Å². The first-order valence-corrected chi connectivity index (χ1v) is 6.59. The van der Waals surface area contributed by atoms with E-state index >= 15 is 0 Å². The van der Waals surface area contributed by atoms with Crippen molar-refractivity contribution in [1.29, 1.82) is 0 Å². The van der Waals surface area contributed by atoms with Crippen molar-refractivity contribution in [1.82, 2.24) is 9.55 Å². The average Bonchev–Trinajstić information content (AvgIpc) is 2.93. The highest BCUT2D eigenvalue weighted by molar-refractivity contribution is 5.75. The standard InChI is InChI=1S/C16H17N3O/c1-20-13-6-4-5-12(9-13)16(10-17)19-11-18-14-7-2-3-8-15(14)19/h2-9,11,16H,10,17H2,1H3. The van der Waals surface area contributed by atoms with Gasteiger partial charge in [-0.05, 0) is 29.8 Å². The average molecular weight is 267 g/mol. The van der Waals surface area contributed by atoms with Crippen LogP contribution in [0.25, 0.3) is 11.0 Å². The molecule has 0 fully saturated rings. The fourth-order valence-corrected chi connectivity index (χ4v) is 2.49. The van der Waals surface area contributed by atoms with E-state index in [1.807, 2.05) is 42.7 Å². The largest absolute Gasteiger partial charge is 0.497 e. The van der Waals surface area contributed by atoms with Gasteiger partial charge in [0.1, 0.15) is 5.75 Å². The van der Waals surface area contributed by atoms with E-state index in [-0.39, 0.29) is 6.04 Å². The molecule has 0 saturated carbocycles. The molecule has 1 atom stereocenters. The number of benzene rings is 2. The number of para-hydroxylation sites is 2. The van der Waals surface area contributed by atoms with Crippen molar-refractivity contribution in [2.24, 2.45) is 5.73 Å². The Hall–Kier alpha value is -2.33. The summed E-state index contributed by atoms with van der Waals surface area (Å²) in [4.78, 5) is 4.43. The quantitative estimate of drug-likeness (QED) is 0.790. The first-order chi connectivity index (χ1) is 9.83. The van der Waals surface area contributed by atoms with Gasteiger partial charge < -0.3 is 15.0 Å². The number of ether oxygens (including phenoxy) is 1. The smallest absolute Gasteiger partial charge is 0.119 e. The summed E-state index contributed by atoms with van der Waals surface area (Å²) in [5, 5.41) is 0. The van der Waals surface area contributed by atoms with Crippen molar-refractivity contribution in [3.05, 3.63) is 60.4 Å². The van der Waals surface area contributed by atoms with Gasteiger partial charge in [0, 0.05) is 6.54 Å². The molecule has 2 aromatic carbocycles. The molecule has 3 rings (SSSR count). The molecule has 0 spiro atoms. The first kappa shape index (κ1) is 12.7. The molecule has 1 heterocycles. The third kappa shape index (κ3) is 2.14. The van der Waals surface area contributed by atoms with Crippen LogP contribution >= 0.6 is 0 Å². The van der Waals surface area contributed by atoms with Gasteiger partial charge in [-0.1, -0.05) is 24.3 Å². The summed E-state index contributed by atoms with van der Waals surface area (Å²) in [5.74, 6) is 0.838. The summed E-state index contributed by atoms with van der Waals surface area (Å²) in [6.07, 6.45) is 1.85. The maximum absolute atomic E-state index is 5.99. The van der Waals surface area contributed by atoms with Crippen molar-refractivity contribution >= 4 is 11.0 Å². The highest BCUT2D eigenvalue weighted by atomic mass is 16.5. The van der Waals surface area contributed by atoms with Crippen LogP contribution in [0.2, 0.25) is 0 Å². The summed E-state index contributed by atoms with van der Waals surface area (Å²) in [6.45, 7) is 0.507. The predicted molar refractivity (Wildman–Crippen MR) is 79.9 cm³/mol. The lowest BCUT2D eigenvalue weighted by molar-refractivity contribution is 0.413. The van der Waals surface area contributed by atoms with Gasteiger partial charge >= 0.3 is 0 Å². The zero-order valence-corrected chi connectivity index (χ0v) is 11.4. The van der Waals surface area contributed by atoms with Crippen LogP contribution in [0.4, 0.5) is 0 Å². The van der Waals surface area contributed by atoms with Crippen molar-refractivity contribution in [3.63, 3.8) is 0 Å². The molecule has 0 aliphatic heterocycles. The van der Waals surface area contributed by atoms with E-state index in [4.69, 9.17) is 10.5 Å². The number of hydrogen-bond donors (Lipinski definition) is 1. The van der Waals surface area contributed by atoms with Gasteiger partial charge in [-0.3, -0.25) is 0 Å². The SMILES string of the molecule is COc1cccc(C(CN)n2cnc3ccccc32)c1. The number of imidazole rings is 1. The molecule has 4 nitrogen and oxygen atoms in total. The van der Waals surface area contributed by atoms with Crippen LogP contribution in [0.3, 0.4) is 0 Å². The lowest BCUT2D eigenvalue weighted by atomic mass is 10.1. The molecular formula is C16H17N3O. The minimum absolute atomic E-state index is 0.0532. The first-order valence-electron chi connectivity index (χ1n) is 6.59. The van der Waals surface area contributed by atoms with E-state index < -0.39 is 0 Å². The molecule has 0 amide bonds. The van der Waals surface area contributed by atoms with Gasteiger partial charge in [0.15, 0.2) is 0 Å². The lowest BCUT2D eigenvalue weighted by Gasteiger charge is -2.18. The van der Waals surface area contributed by atoms with Crippen LogP contribution in [0.15, 0.2) is 54.9 Å². The van der Waals surface area contributed by atoms with Gasteiger partial charge in [-0.25, -0.2) is 4.98 Å². The van der Waals surface area contributed by atoms with Crippen LogP contribution < -0.4 is 10.5 Å². The number of fused-ring (bicyclic) bond motifs is 1. The van der Waals surface area contributed by atoms with Gasteiger partial charge in [-0.15, -0.1) is 0 Å². The van der Waals surface area contributed by atoms with Crippen LogP contribution in [-0.2, 0) is 0 Å². The summed E-state index contributed by atoms with van der Waals surface area (Å²) in [7, 11) is 1.67. The third-order valence-corrected chi connectivity index (χ3v) is 3.52. The molecule has 0 radical (unpaired) electrons. The van der Waals surface area contributed by atoms with E-state index in [9.17, 15) is 0 Å². The second-order valence-electron chi connectivity index (χ2n) is 4.67. The topological polar surface area (TPSA) is 53.1 Å². The fraction of sp³-hybridized carbons (Fsp3) is 0.188. The van der Waals surface area contributed by atoms with E-state index in [2.05, 4.69) is 21.7 Å². The van der Waals surface area contributed by atoms with Crippen molar-refractivity contribution in [2.45, 2.75) is 6.04 Å². The van der Waals surface area contributed by atoms with Gasteiger partial charge in [0.2, 0.25) is 0 Å². The van der Waals surface area contributed by atoms with Crippen molar-refractivity contribution in [3.8, 4) is 5.75 Å². The monoisotopic (exact) mass is 267 g/mol. The number of rotatable bonds is 4. The molecule has 102 valence electrons. The van der Waals surface area contributed by atoms with E-state index in [0.29, 0.717) is 6.54 Å². The number of methoxy groups -OCH3 is 1. The Morgan fingerprint density at radius 1 is 1.20 bits per heavy atom. The van der Waals surface area contributed by atoms with Crippen LogP contribution in [0.5, 0.6) is 5.75 Å². The molecule has 4 heteroatoms. The second-order valence-corrected chi connectivity index (χ2v) is 4.67. The molecule has 0 aliphatic carbocycles. The number of aromatic nitrogens is 2. The Kier molecular flexibility index (Phi) is 3.39. The maximum atomic E-state index is 5.99. The van der Waals surface area contributed by atoms with Gasteiger partial charge in [0.05, 0.1) is 30.5 Å². The maximum Gasteiger partial charge on any atom is 0.119 e. The summed E-state index contributed by atoms with van der Waals surface area (Å²) >= 11 is 0. The fourth-order valence-electron chi connectivity index (χ4n) is 2.49. The highest BCUT2D eigenvalue weighted by Gasteiger charge is 2.15. The summed E-state index contributed by atoms with van der Waals surface area (Å²) in [5.41, 5.74) is 9.18. The zero-order valence-electron chi connectivity index (χ0n) is 11.4. The van der Waals surface area contributed by atoms with Crippen LogP contribution in [-0.4, -0.2) is 23.2 Å². The van der Waals surface area contributed by atoms with E-state index in [0.717, 1.165) is 22.3 Å². The van der Waals surface area contributed by atoms with Crippen LogP contribution in [0, 0.1) is 0 Å². The molecule has 2 N–H and O–H groups in total. The molecule has 0 saturated heterocycles. The van der Waals surface area contributed by atoms with Crippen molar-refractivity contribution in [2.75, 3.05) is 13.7 Å². The van der Waals surface area contributed by atoms with Crippen LogP contribution in [0.1, 0.15) is 11.6 Å². The second kappa shape index (κ2) is 5.35. The van der Waals surface area contributed by atoms with Gasteiger partial charge in [0.25, 0.3) is 0 Å². The molecule has 20 heavy (non-hydrogen) atoms. The molecule has 1 aromatic heterocycles. The summed E-state index contributed by atoms with van der Waals surface area (Å²) in [6, 6.07) is 16.1. The minimum atomic E-state index is 0.0532. The Balaban J connectivity index is 2.09. The third-order valence-electron chi connectivity index (χ3n) is 3.52. The van der Waals surface area contributed by atoms with Gasteiger partial charge in [-0.2, -0.15) is 0 Å². The summed E-state index contributed by atoms with van der Waals surface area (Å²) < 4.78 is 7.40. The highest BCUT2D eigenvalue weighted by Crippen LogP contribution is 2.25. The Labute approximate surface area is 117 Å². The molecule has 0 bridgehead atoms. The minimum Gasteiger partial charge on any atom is -0.497 e. The van der Waals surface area contributed by atoms with Crippen molar-refractivity contribution < 1.29 is 4.74 Å². The Morgan fingerprint density at radius 3 is 2.85 bits per heavy atom. The number of nitrogens with two attached hydrogens (primary N) is 1. The normalized spacial score (nSPS) is 12.5. The zero-order chi connectivity index (χ0) is 13.9. The molecule has 1 unspecified atom stereocenters. The molecule has 3 aromatic rings. The number of hydrogen-bond acceptors (Lipinski definition) is 3. The lowest BCUT2D eigenvalue weighted by Crippen LogP contribution is -2.19. The Bertz CT molecular complexity index is 720. The number of nitrogens with zero attached hydrogens (tertiary/aromatic N) is 2.